The summed E-state index contributed by atoms with van der Waals surface area (Å²) in [4.78, 5) is 0. The Labute approximate surface area is 160 Å². The van der Waals surface area contributed by atoms with Gasteiger partial charge in [-0.05, 0) is 30.5 Å². The van der Waals surface area contributed by atoms with Crippen LogP contribution >= 0.6 is 0 Å². The van der Waals surface area contributed by atoms with Crippen LogP contribution in [-0.4, -0.2) is 15.2 Å². The molecule has 3 rings (SSSR count). The monoisotopic (exact) mass is 364 g/mol. The molecule has 0 spiro atoms. The summed E-state index contributed by atoms with van der Waals surface area (Å²) in [6, 6.07) is 13.5. The Hall–Kier alpha value is -1.80. The molecule has 1 unspecified atom stereocenters. The summed E-state index contributed by atoms with van der Waals surface area (Å²) < 4.78 is 5.91. The van der Waals surface area contributed by atoms with Crippen LogP contribution in [0.5, 0.6) is 5.75 Å². The van der Waals surface area contributed by atoms with Crippen molar-refractivity contribution in [1.29, 1.82) is 0 Å². The maximum absolute atomic E-state index is 5.91. The van der Waals surface area contributed by atoms with Crippen LogP contribution in [0.25, 0.3) is 6.08 Å². The highest BCUT2D eigenvalue weighted by Crippen LogP contribution is 2.56. The first-order valence-electron chi connectivity index (χ1n) is 9.51. The summed E-state index contributed by atoms with van der Waals surface area (Å²) in [5.41, 5.74) is 6.60. The van der Waals surface area contributed by atoms with Crippen LogP contribution in [0.4, 0.5) is 0 Å². The first-order chi connectivity index (χ1) is 12.1. The van der Waals surface area contributed by atoms with Gasteiger partial charge in [-0.1, -0.05) is 87.6 Å². The molecular formula is C24H32OSi. The molecule has 2 aromatic rings. The van der Waals surface area contributed by atoms with Crippen LogP contribution in [0.1, 0.15) is 41.7 Å². The van der Waals surface area contributed by atoms with E-state index in [-0.39, 0.29) is 10.5 Å². The van der Waals surface area contributed by atoms with Gasteiger partial charge in [0.05, 0.1) is 15.2 Å². The van der Waals surface area contributed by atoms with Gasteiger partial charge >= 0.3 is 0 Å². The zero-order valence-corrected chi connectivity index (χ0v) is 18.5. The van der Waals surface area contributed by atoms with Crippen LogP contribution in [0.3, 0.4) is 0 Å². The SMILES string of the molecule is COc1c(C)cc(C)cc1C(C)(C)C1([Si](C)(C)C)C=Cc2ccccc21. The third-order valence-electron chi connectivity index (χ3n) is 6.36. The number of benzene rings is 2. The molecule has 0 N–H and O–H groups in total. The summed E-state index contributed by atoms with van der Waals surface area (Å²) in [5.74, 6) is 1.04. The minimum absolute atomic E-state index is 0.0180. The summed E-state index contributed by atoms with van der Waals surface area (Å²) in [7, 11) is 0.146. The second-order valence-electron chi connectivity index (χ2n) is 9.27. The lowest BCUT2D eigenvalue weighted by molar-refractivity contribution is 0.361. The predicted molar refractivity (Wildman–Crippen MR) is 116 cm³/mol. The Bertz CT molecular complexity index is 870. The van der Waals surface area contributed by atoms with Gasteiger partial charge in [-0.3, -0.25) is 0 Å². The highest BCUT2D eigenvalue weighted by molar-refractivity contribution is 6.80. The molecule has 2 heteroatoms. The lowest BCUT2D eigenvalue weighted by atomic mass is 9.69. The molecule has 1 aliphatic carbocycles. The van der Waals surface area contributed by atoms with Gasteiger partial charge in [0, 0.05) is 16.0 Å². The molecule has 1 aliphatic rings. The Morgan fingerprint density at radius 2 is 1.65 bits per heavy atom. The molecule has 0 fully saturated rings. The average molecular weight is 365 g/mol. The third-order valence-corrected chi connectivity index (χ3v) is 9.79. The summed E-state index contributed by atoms with van der Waals surface area (Å²) >= 11 is 0. The molecule has 1 atom stereocenters. The number of hydrogen-bond acceptors (Lipinski definition) is 1. The van der Waals surface area contributed by atoms with E-state index >= 15 is 0 Å². The van der Waals surface area contributed by atoms with Crippen LogP contribution in [0.2, 0.25) is 19.6 Å². The Balaban J connectivity index is 2.37. The lowest BCUT2D eigenvalue weighted by Gasteiger charge is -2.52. The average Bonchev–Trinajstić information content (AvgIpc) is 2.95. The molecular weight excluding hydrogens is 332 g/mol. The normalized spacial score (nSPS) is 19.5. The number of hydrogen-bond donors (Lipinski definition) is 0. The zero-order chi connectivity index (χ0) is 19.3. The van der Waals surface area contributed by atoms with Gasteiger partial charge in [-0.15, -0.1) is 0 Å². The minimum Gasteiger partial charge on any atom is -0.496 e. The Kier molecular flexibility index (Phi) is 4.47. The van der Waals surface area contributed by atoms with Crippen LogP contribution in [-0.2, 0) is 10.5 Å². The van der Waals surface area contributed by atoms with E-state index in [4.69, 9.17) is 4.74 Å². The van der Waals surface area contributed by atoms with Crippen molar-refractivity contribution in [3.63, 3.8) is 0 Å². The van der Waals surface area contributed by atoms with Gasteiger partial charge < -0.3 is 4.74 Å². The summed E-state index contributed by atoms with van der Waals surface area (Å²) in [6.45, 7) is 16.7. The van der Waals surface area contributed by atoms with E-state index in [1.165, 1.54) is 27.8 Å². The number of ether oxygens (including phenoxy) is 1. The molecule has 0 saturated carbocycles. The second kappa shape index (κ2) is 6.13. The topological polar surface area (TPSA) is 9.23 Å². The molecule has 0 bridgehead atoms. The van der Waals surface area contributed by atoms with Crippen molar-refractivity contribution in [3.05, 3.63) is 70.3 Å². The van der Waals surface area contributed by atoms with Crippen LogP contribution in [0.15, 0.2) is 42.5 Å². The van der Waals surface area contributed by atoms with Crippen molar-refractivity contribution < 1.29 is 4.74 Å². The van der Waals surface area contributed by atoms with E-state index in [1.807, 2.05) is 0 Å². The fraction of sp³-hybridized carbons (Fsp3) is 0.417. The quantitative estimate of drug-likeness (QED) is 0.568. The highest BCUT2D eigenvalue weighted by Gasteiger charge is 2.56. The standard InChI is InChI=1S/C24H32OSi/c1-17-15-18(2)22(25-5)21(16-17)23(3,4)24(26(6,7)8)14-13-19-11-9-10-12-20(19)24/h9-16H,1-8H3. The molecule has 0 aliphatic heterocycles. The van der Waals surface area contributed by atoms with Crippen molar-refractivity contribution in [2.75, 3.05) is 7.11 Å². The van der Waals surface area contributed by atoms with Gasteiger partial charge in [-0.2, -0.15) is 0 Å². The number of rotatable bonds is 4. The molecule has 0 heterocycles. The zero-order valence-electron chi connectivity index (χ0n) is 17.5. The molecule has 0 amide bonds. The molecule has 26 heavy (non-hydrogen) atoms. The summed E-state index contributed by atoms with van der Waals surface area (Å²) in [6.07, 6.45) is 4.84. The number of aryl methyl sites for hydroxylation is 2. The Morgan fingerprint density at radius 3 is 2.27 bits per heavy atom. The predicted octanol–water partition coefficient (Wildman–Crippen LogP) is 6.43. The second-order valence-corrected chi connectivity index (χ2v) is 14.6. The van der Waals surface area contributed by atoms with Gasteiger partial charge in [0.25, 0.3) is 0 Å². The fourth-order valence-electron chi connectivity index (χ4n) is 5.34. The molecule has 138 valence electrons. The van der Waals surface area contributed by atoms with E-state index in [2.05, 4.69) is 95.9 Å². The van der Waals surface area contributed by atoms with Gasteiger partial charge in [0.2, 0.25) is 0 Å². The fourth-order valence-corrected chi connectivity index (χ4v) is 8.97. The molecule has 0 radical (unpaired) electrons. The maximum Gasteiger partial charge on any atom is 0.125 e. The first-order valence-corrected chi connectivity index (χ1v) is 13.0. The van der Waals surface area contributed by atoms with E-state index in [9.17, 15) is 0 Å². The molecule has 2 aromatic carbocycles. The van der Waals surface area contributed by atoms with Crippen molar-refractivity contribution in [2.45, 2.75) is 57.8 Å². The van der Waals surface area contributed by atoms with Gasteiger partial charge in [0.1, 0.15) is 5.75 Å². The molecule has 0 saturated heterocycles. The molecule has 1 nitrogen and oxygen atoms in total. The van der Waals surface area contributed by atoms with Crippen molar-refractivity contribution in [1.82, 2.24) is 0 Å². The van der Waals surface area contributed by atoms with E-state index in [0.717, 1.165) is 5.75 Å². The van der Waals surface area contributed by atoms with E-state index in [0.29, 0.717) is 0 Å². The highest BCUT2D eigenvalue weighted by atomic mass is 28.3. The minimum atomic E-state index is -1.66. The van der Waals surface area contributed by atoms with Crippen molar-refractivity contribution in [3.8, 4) is 5.75 Å². The van der Waals surface area contributed by atoms with Gasteiger partial charge in [-0.25, -0.2) is 0 Å². The smallest absolute Gasteiger partial charge is 0.125 e. The number of methoxy groups -OCH3 is 1. The van der Waals surface area contributed by atoms with E-state index < -0.39 is 8.07 Å². The Morgan fingerprint density at radius 1 is 1.00 bits per heavy atom. The van der Waals surface area contributed by atoms with Crippen molar-refractivity contribution in [2.24, 2.45) is 0 Å². The maximum atomic E-state index is 5.91. The third kappa shape index (κ3) is 2.50. The summed E-state index contributed by atoms with van der Waals surface area (Å²) in [5, 5.41) is 0.0180. The van der Waals surface area contributed by atoms with Crippen LogP contribution < -0.4 is 4.74 Å². The van der Waals surface area contributed by atoms with Crippen LogP contribution in [0, 0.1) is 13.8 Å². The van der Waals surface area contributed by atoms with Gasteiger partial charge in [0.15, 0.2) is 0 Å². The van der Waals surface area contributed by atoms with E-state index in [1.54, 1.807) is 7.11 Å². The largest absolute Gasteiger partial charge is 0.496 e. The number of fused-ring (bicyclic) bond motifs is 1. The lowest BCUT2D eigenvalue weighted by Crippen LogP contribution is -2.58. The van der Waals surface area contributed by atoms with Crippen molar-refractivity contribution >= 4 is 14.1 Å². The first kappa shape index (κ1) is 19.0. The molecule has 0 aromatic heterocycles. The number of allylic oxidation sites excluding steroid dienone is 1.